The molecule has 2 amide bonds. The highest BCUT2D eigenvalue weighted by molar-refractivity contribution is 6.42. The van der Waals surface area contributed by atoms with Gasteiger partial charge in [-0.15, -0.1) is 0 Å². The highest BCUT2D eigenvalue weighted by atomic mass is 35.5. The van der Waals surface area contributed by atoms with E-state index in [1.54, 1.807) is 0 Å². The smallest absolute Gasteiger partial charge is 0.387 e. The minimum atomic E-state index is -5.34. The average molecular weight is 558 g/mol. The van der Waals surface area contributed by atoms with Crippen molar-refractivity contribution in [1.29, 1.82) is 0 Å². The number of benzene rings is 1. The monoisotopic (exact) mass is 557 g/mol. The lowest BCUT2D eigenvalue weighted by molar-refractivity contribution is -0.145. The minimum absolute atomic E-state index is 0.0228. The normalized spacial score (nSPS) is 22.7. The number of alkyl halides is 6. The predicted octanol–water partition coefficient (Wildman–Crippen LogP) is 3.84. The van der Waals surface area contributed by atoms with Crippen molar-refractivity contribution in [3.8, 4) is 0 Å². The number of rotatable bonds is 2. The second-order valence-corrected chi connectivity index (χ2v) is 8.92. The molecule has 36 heavy (non-hydrogen) atoms. The lowest BCUT2D eigenvalue weighted by atomic mass is 9.99. The molecule has 15 heteroatoms. The summed E-state index contributed by atoms with van der Waals surface area (Å²) in [5, 5.41) is 20.9. The fraction of sp³-hybridized carbons (Fsp3) is 0.381. The zero-order chi connectivity index (χ0) is 26.7. The number of fused-ring (bicyclic) bond motifs is 1. The van der Waals surface area contributed by atoms with Crippen molar-refractivity contribution >= 4 is 46.5 Å². The summed E-state index contributed by atoms with van der Waals surface area (Å²) in [6, 6.07) is 0.611. The third-order valence-corrected chi connectivity index (χ3v) is 6.73. The van der Waals surface area contributed by atoms with E-state index in [0.29, 0.717) is 18.4 Å². The van der Waals surface area contributed by atoms with E-state index in [0.717, 1.165) is 4.90 Å². The maximum atomic E-state index is 13.5. The van der Waals surface area contributed by atoms with Gasteiger partial charge in [-0.25, -0.2) is 4.98 Å². The number of amides is 2. The Kier molecular flexibility index (Phi) is 6.65. The topological polar surface area (TPSA) is 94.0 Å². The van der Waals surface area contributed by atoms with Gasteiger partial charge in [0, 0.05) is 12.2 Å². The van der Waals surface area contributed by atoms with Crippen LogP contribution in [0.15, 0.2) is 24.3 Å². The summed E-state index contributed by atoms with van der Waals surface area (Å²) < 4.78 is 80.1. The molecule has 2 N–H and O–H groups in total. The molecule has 0 spiro atoms. The number of hydrogen-bond acceptors (Lipinski definition) is 5. The number of hydrogen-bond donors (Lipinski definition) is 2. The summed E-state index contributed by atoms with van der Waals surface area (Å²) in [5.41, 5.74) is -3.09. The largest absolute Gasteiger partial charge is 0.433 e. The Morgan fingerprint density at radius 2 is 1.72 bits per heavy atom. The van der Waals surface area contributed by atoms with Crippen LogP contribution in [-0.2, 0) is 28.4 Å². The Hall–Kier alpha value is -2.61. The molecule has 1 aromatic heterocycles. The van der Waals surface area contributed by atoms with E-state index >= 15 is 0 Å². The van der Waals surface area contributed by atoms with Gasteiger partial charge in [-0.3, -0.25) is 14.5 Å². The quantitative estimate of drug-likeness (QED) is 0.547. The van der Waals surface area contributed by atoms with Crippen LogP contribution >= 0.6 is 23.2 Å². The maximum absolute atomic E-state index is 13.5. The summed E-state index contributed by atoms with van der Waals surface area (Å²) in [6.07, 6.45) is -14.3. The molecule has 7 nitrogen and oxygen atoms in total. The SMILES string of the molecule is O=C([C@@H]1[C@H](O)[C@H](O)C(=O)N1c1cc(C(F)(F)F)cc(C(F)(F)F)n1)N1CCCc2c1ccc(Cl)c2Cl. The summed E-state index contributed by atoms with van der Waals surface area (Å²) in [5.74, 6) is -3.77. The molecule has 2 aliphatic rings. The standard InChI is InChI=1S/C21H15Cl2F6N3O4/c22-10-3-4-11-9(14(10)23)2-1-5-31(11)18(35)15-16(33)17(34)19(36)32(15)13-7-8(20(24,25)26)6-12(30-13)21(27,28)29/h3-4,6-7,15-17,33-34H,1-2,5H2/t15-,16-,17-/m0/s1. The number of carbonyl (C=O) groups excluding carboxylic acids is 2. The Balaban J connectivity index is 1.84. The summed E-state index contributed by atoms with van der Waals surface area (Å²) in [4.78, 5) is 30.6. The van der Waals surface area contributed by atoms with Crippen LogP contribution in [0.3, 0.4) is 0 Å². The Labute approximate surface area is 208 Å². The molecule has 1 fully saturated rings. The number of aliphatic hydroxyl groups excluding tert-OH is 2. The summed E-state index contributed by atoms with van der Waals surface area (Å²) in [6.45, 7) is 0.0228. The van der Waals surface area contributed by atoms with Crippen LogP contribution in [0.2, 0.25) is 10.0 Å². The number of halogens is 8. The number of aromatic nitrogens is 1. The molecule has 4 rings (SSSR count). The highest BCUT2D eigenvalue weighted by Gasteiger charge is 2.54. The molecule has 1 aromatic carbocycles. The molecule has 0 radical (unpaired) electrons. The van der Waals surface area contributed by atoms with Gasteiger partial charge in [0.05, 0.1) is 15.6 Å². The van der Waals surface area contributed by atoms with Crippen LogP contribution in [0.4, 0.5) is 37.8 Å². The van der Waals surface area contributed by atoms with E-state index in [9.17, 15) is 46.1 Å². The van der Waals surface area contributed by atoms with Crippen LogP contribution in [0.1, 0.15) is 23.2 Å². The molecule has 2 aromatic rings. The molecule has 0 unspecified atom stereocenters. The molecular formula is C21H15Cl2F6N3O4. The summed E-state index contributed by atoms with van der Waals surface area (Å²) >= 11 is 12.2. The van der Waals surface area contributed by atoms with Crippen molar-refractivity contribution in [1.82, 2.24) is 4.98 Å². The molecule has 1 saturated heterocycles. The Morgan fingerprint density at radius 1 is 1.06 bits per heavy atom. The number of anilines is 2. The Bertz CT molecular complexity index is 1210. The van der Waals surface area contributed by atoms with Crippen molar-refractivity contribution < 1.29 is 46.1 Å². The van der Waals surface area contributed by atoms with Crippen molar-refractivity contribution in [2.24, 2.45) is 0 Å². The fourth-order valence-electron chi connectivity index (χ4n) is 4.21. The first-order valence-electron chi connectivity index (χ1n) is 10.3. The van der Waals surface area contributed by atoms with Gasteiger partial charge in [0.25, 0.3) is 11.8 Å². The van der Waals surface area contributed by atoms with E-state index < -0.39 is 59.5 Å². The molecule has 3 heterocycles. The number of nitrogens with zero attached hydrogens (tertiary/aromatic N) is 3. The molecule has 0 aliphatic carbocycles. The first-order valence-corrected chi connectivity index (χ1v) is 11.0. The maximum Gasteiger partial charge on any atom is 0.433 e. The fourth-order valence-corrected chi connectivity index (χ4v) is 4.64. The van der Waals surface area contributed by atoms with E-state index in [2.05, 4.69) is 4.98 Å². The zero-order valence-electron chi connectivity index (χ0n) is 17.7. The minimum Gasteiger partial charge on any atom is -0.387 e. The van der Waals surface area contributed by atoms with Gasteiger partial charge in [-0.1, -0.05) is 23.2 Å². The van der Waals surface area contributed by atoms with Gasteiger partial charge < -0.3 is 15.1 Å². The molecular weight excluding hydrogens is 543 g/mol. The number of pyridine rings is 1. The summed E-state index contributed by atoms with van der Waals surface area (Å²) in [7, 11) is 0. The molecule has 0 saturated carbocycles. The average Bonchev–Trinajstić information content (AvgIpc) is 3.03. The number of aliphatic hydroxyl groups is 2. The molecule has 2 aliphatic heterocycles. The predicted molar refractivity (Wildman–Crippen MR) is 115 cm³/mol. The van der Waals surface area contributed by atoms with Crippen LogP contribution in [-0.4, -0.2) is 51.8 Å². The third kappa shape index (κ3) is 4.49. The first-order chi connectivity index (χ1) is 16.6. The molecule has 0 bridgehead atoms. The van der Waals surface area contributed by atoms with E-state index in [4.69, 9.17) is 23.2 Å². The second kappa shape index (κ2) is 9.05. The lowest BCUT2D eigenvalue weighted by Crippen LogP contribution is -2.52. The van der Waals surface area contributed by atoms with E-state index in [-0.39, 0.29) is 39.3 Å². The third-order valence-electron chi connectivity index (χ3n) is 5.88. The zero-order valence-corrected chi connectivity index (χ0v) is 19.3. The number of carbonyl (C=O) groups is 2. The van der Waals surface area contributed by atoms with Gasteiger partial charge >= 0.3 is 12.4 Å². The van der Waals surface area contributed by atoms with Crippen LogP contribution in [0.5, 0.6) is 0 Å². The van der Waals surface area contributed by atoms with Gasteiger partial charge in [0.2, 0.25) is 0 Å². The lowest BCUT2D eigenvalue weighted by Gasteiger charge is -2.35. The first kappa shape index (κ1) is 26.5. The molecule has 3 atom stereocenters. The Morgan fingerprint density at radius 3 is 2.33 bits per heavy atom. The van der Waals surface area contributed by atoms with Crippen molar-refractivity contribution in [2.75, 3.05) is 16.3 Å². The van der Waals surface area contributed by atoms with Gasteiger partial charge in [0.15, 0.2) is 6.10 Å². The van der Waals surface area contributed by atoms with Gasteiger partial charge in [-0.2, -0.15) is 26.3 Å². The van der Waals surface area contributed by atoms with Gasteiger partial charge in [0.1, 0.15) is 23.7 Å². The van der Waals surface area contributed by atoms with Crippen molar-refractivity contribution in [2.45, 2.75) is 43.4 Å². The van der Waals surface area contributed by atoms with Crippen molar-refractivity contribution in [3.05, 3.63) is 51.1 Å². The highest BCUT2D eigenvalue weighted by Crippen LogP contribution is 2.41. The molecule has 194 valence electrons. The van der Waals surface area contributed by atoms with Crippen LogP contribution in [0, 0.1) is 0 Å². The van der Waals surface area contributed by atoms with E-state index in [1.807, 2.05) is 0 Å². The van der Waals surface area contributed by atoms with Gasteiger partial charge in [-0.05, 0) is 42.7 Å². The van der Waals surface area contributed by atoms with Crippen LogP contribution < -0.4 is 9.80 Å². The van der Waals surface area contributed by atoms with Crippen LogP contribution in [0.25, 0.3) is 0 Å². The second-order valence-electron chi connectivity index (χ2n) is 8.14. The van der Waals surface area contributed by atoms with E-state index in [1.165, 1.54) is 12.1 Å². The van der Waals surface area contributed by atoms with Crippen molar-refractivity contribution in [3.63, 3.8) is 0 Å².